The number of carbonyl (C=O) groups is 1. The molecule has 0 amide bonds. The van der Waals surface area contributed by atoms with E-state index in [0.717, 1.165) is 23.2 Å². The van der Waals surface area contributed by atoms with Crippen molar-refractivity contribution in [1.29, 1.82) is 0 Å². The van der Waals surface area contributed by atoms with E-state index in [9.17, 15) is 4.79 Å². The maximum Gasteiger partial charge on any atom is 0.335 e. The molecule has 1 saturated heterocycles. The van der Waals surface area contributed by atoms with Crippen molar-refractivity contribution >= 4 is 27.6 Å². The van der Waals surface area contributed by atoms with Gasteiger partial charge in [0.15, 0.2) is 0 Å². The zero-order valence-electron chi connectivity index (χ0n) is 11.7. The predicted octanol–water partition coefficient (Wildman–Crippen LogP) is 3.29. The van der Waals surface area contributed by atoms with E-state index in [4.69, 9.17) is 5.11 Å². The summed E-state index contributed by atoms with van der Waals surface area (Å²) in [6.07, 6.45) is 2.64. The number of nitrogens with zero attached hydrogens (tertiary/aromatic N) is 1. The van der Waals surface area contributed by atoms with Crippen molar-refractivity contribution in [2.75, 3.05) is 31.5 Å². The lowest BCUT2D eigenvalue weighted by Gasteiger charge is -2.21. The monoisotopic (exact) mass is 340 g/mol. The first kappa shape index (κ1) is 15.3. The minimum absolute atomic E-state index is 0.299. The van der Waals surface area contributed by atoms with Gasteiger partial charge in [-0.3, -0.25) is 0 Å². The van der Waals surface area contributed by atoms with Crippen molar-refractivity contribution in [2.24, 2.45) is 5.92 Å². The Morgan fingerprint density at radius 2 is 2.15 bits per heavy atom. The Balaban J connectivity index is 1.85. The van der Waals surface area contributed by atoms with Gasteiger partial charge >= 0.3 is 5.97 Å². The smallest absolute Gasteiger partial charge is 0.335 e. The first-order valence-corrected chi connectivity index (χ1v) is 7.84. The van der Waals surface area contributed by atoms with Crippen LogP contribution in [0.3, 0.4) is 0 Å². The summed E-state index contributed by atoms with van der Waals surface area (Å²) >= 11 is 3.42. The van der Waals surface area contributed by atoms with Gasteiger partial charge < -0.3 is 15.3 Å². The van der Waals surface area contributed by atoms with E-state index >= 15 is 0 Å². The van der Waals surface area contributed by atoms with Crippen molar-refractivity contribution in [1.82, 2.24) is 4.90 Å². The van der Waals surface area contributed by atoms with Crippen LogP contribution < -0.4 is 5.32 Å². The standard InChI is InChI=1S/C15H21BrN2O2/c1-11(10-18-6-2-3-7-18)9-17-14-5-4-12(15(19)20)8-13(14)16/h4-5,8,11,17H,2-3,6-7,9-10H2,1H3,(H,19,20). The van der Waals surface area contributed by atoms with Crippen molar-refractivity contribution in [2.45, 2.75) is 19.8 Å². The number of rotatable bonds is 6. The molecule has 1 aliphatic heterocycles. The third-order valence-electron chi connectivity index (χ3n) is 3.63. The Hall–Kier alpha value is -1.07. The molecule has 1 unspecified atom stereocenters. The van der Waals surface area contributed by atoms with Crippen LogP contribution in [0.2, 0.25) is 0 Å². The van der Waals surface area contributed by atoms with Crippen molar-refractivity contribution in [3.05, 3.63) is 28.2 Å². The fourth-order valence-corrected chi connectivity index (χ4v) is 3.07. The van der Waals surface area contributed by atoms with Crippen LogP contribution in [-0.2, 0) is 0 Å². The lowest BCUT2D eigenvalue weighted by atomic mass is 10.1. The summed E-state index contributed by atoms with van der Waals surface area (Å²) in [5.74, 6) is -0.334. The molecule has 4 nitrogen and oxygen atoms in total. The van der Waals surface area contributed by atoms with Crippen molar-refractivity contribution in [3.63, 3.8) is 0 Å². The van der Waals surface area contributed by atoms with E-state index in [1.54, 1.807) is 12.1 Å². The largest absolute Gasteiger partial charge is 0.478 e. The van der Waals surface area contributed by atoms with Crippen LogP contribution in [0.25, 0.3) is 0 Å². The summed E-state index contributed by atoms with van der Waals surface area (Å²) in [7, 11) is 0. The highest BCUT2D eigenvalue weighted by molar-refractivity contribution is 9.10. The Bertz CT molecular complexity index is 473. The van der Waals surface area contributed by atoms with E-state index in [1.165, 1.54) is 25.9 Å². The van der Waals surface area contributed by atoms with Gasteiger partial charge in [-0.1, -0.05) is 6.92 Å². The fraction of sp³-hybridized carbons (Fsp3) is 0.533. The second-order valence-corrected chi connectivity index (χ2v) is 6.35. The van der Waals surface area contributed by atoms with E-state index < -0.39 is 5.97 Å². The normalized spacial score (nSPS) is 17.1. The first-order valence-electron chi connectivity index (χ1n) is 7.05. The molecule has 5 heteroatoms. The van der Waals surface area contributed by atoms with E-state index in [0.29, 0.717) is 11.5 Å². The molecule has 0 spiro atoms. The zero-order chi connectivity index (χ0) is 14.5. The molecule has 0 saturated carbocycles. The number of benzene rings is 1. The molecular weight excluding hydrogens is 320 g/mol. The zero-order valence-corrected chi connectivity index (χ0v) is 13.3. The highest BCUT2D eigenvalue weighted by atomic mass is 79.9. The summed E-state index contributed by atoms with van der Waals surface area (Å²) in [6.45, 7) is 6.70. The van der Waals surface area contributed by atoms with Gasteiger partial charge in [0.1, 0.15) is 0 Å². The van der Waals surface area contributed by atoms with Crippen molar-refractivity contribution < 1.29 is 9.90 Å². The predicted molar refractivity (Wildman–Crippen MR) is 84.4 cm³/mol. The van der Waals surface area contributed by atoms with Gasteiger partial charge in [0.2, 0.25) is 0 Å². The second-order valence-electron chi connectivity index (χ2n) is 5.49. The van der Waals surface area contributed by atoms with Gasteiger partial charge in [-0.2, -0.15) is 0 Å². The Morgan fingerprint density at radius 1 is 1.45 bits per heavy atom. The molecule has 0 aromatic heterocycles. The number of likely N-dealkylation sites (tertiary alicyclic amines) is 1. The molecule has 0 bridgehead atoms. The SMILES string of the molecule is CC(CNc1ccc(C(=O)O)cc1Br)CN1CCCC1. The number of carboxylic acids is 1. The van der Waals surface area contributed by atoms with Crippen LogP contribution in [0.5, 0.6) is 0 Å². The van der Waals surface area contributed by atoms with Crippen LogP contribution in [0.1, 0.15) is 30.1 Å². The van der Waals surface area contributed by atoms with Gasteiger partial charge in [0.05, 0.1) is 5.56 Å². The Morgan fingerprint density at radius 3 is 2.75 bits per heavy atom. The topological polar surface area (TPSA) is 52.6 Å². The van der Waals surface area contributed by atoms with Crippen LogP contribution >= 0.6 is 15.9 Å². The fourth-order valence-electron chi connectivity index (χ4n) is 2.55. The Kier molecular flexibility index (Phi) is 5.43. The van der Waals surface area contributed by atoms with Crippen LogP contribution in [0.15, 0.2) is 22.7 Å². The number of nitrogens with one attached hydrogen (secondary N) is 1. The molecule has 1 aromatic carbocycles. The summed E-state index contributed by atoms with van der Waals surface area (Å²) in [4.78, 5) is 13.4. The number of carboxylic acid groups (broad SMARTS) is 1. The van der Waals surface area contributed by atoms with Gasteiger partial charge in [-0.25, -0.2) is 4.79 Å². The summed E-state index contributed by atoms with van der Waals surface area (Å²) < 4.78 is 0.797. The van der Waals surface area contributed by atoms with Crippen molar-refractivity contribution in [3.8, 4) is 0 Å². The number of anilines is 1. The lowest BCUT2D eigenvalue weighted by Crippen LogP contribution is -2.28. The van der Waals surface area contributed by atoms with Gasteiger partial charge in [0.25, 0.3) is 0 Å². The van der Waals surface area contributed by atoms with Gasteiger partial charge in [-0.15, -0.1) is 0 Å². The van der Waals surface area contributed by atoms with Crippen LogP contribution in [0, 0.1) is 5.92 Å². The van der Waals surface area contributed by atoms with Gasteiger partial charge in [-0.05, 0) is 66.0 Å². The third-order valence-corrected chi connectivity index (χ3v) is 4.28. The highest BCUT2D eigenvalue weighted by Gasteiger charge is 2.14. The molecule has 2 N–H and O–H groups in total. The third kappa shape index (κ3) is 4.21. The summed E-state index contributed by atoms with van der Waals surface area (Å²) in [6, 6.07) is 5.08. The average molecular weight is 341 g/mol. The maximum absolute atomic E-state index is 10.9. The summed E-state index contributed by atoms with van der Waals surface area (Å²) in [5.41, 5.74) is 1.25. The maximum atomic E-state index is 10.9. The number of aromatic carboxylic acids is 1. The highest BCUT2D eigenvalue weighted by Crippen LogP contribution is 2.24. The van der Waals surface area contributed by atoms with Crippen LogP contribution in [0.4, 0.5) is 5.69 Å². The first-order chi connectivity index (χ1) is 9.56. The van der Waals surface area contributed by atoms with E-state index in [2.05, 4.69) is 33.1 Å². The molecular formula is C15H21BrN2O2. The number of halogens is 1. The second kappa shape index (κ2) is 7.09. The molecule has 20 heavy (non-hydrogen) atoms. The molecule has 1 atom stereocenters. The Labute approximate surface area is 128 Å². The average Bonchev–Trinajstić information content (AvgIpc) is 2.90. The molecule has 1 fully saturated rings. The molecule has 1 aliphatic rings. The van der Waals surface area contributed by atoms with E-state index in [1.807, 2.05) is 6.07 Å². The number of hydrogen-bond acceptors (Lipinski definition) is 3. The molecule has 1 heterocycles. The molecule has 0 radical (unpaired) electrons. The van der Waals surface area contributed by atoms with E-state index in [-0.39, 0.29) is 0 Å². The minimum atomic E-state index is -0.903. The molecule has 0 aliphatic carbocycles. The van der Waals surface area contributed by atoms with Crippen LogP contribution in [-0.4, -0.2) is 42.2 Å². The lowest BCUT2D eigenvalue weighted by molar-refractivity contribution is 0.0697. The summed E-state index contributed by atoms with van der Waals surface area (Å²) in [5, 5.41) is 12.3. The molecule has 2 rings (SSSR count). The molecule has 110 valence electrons. The quantitative estimate of drug-likeness (QED) is 0.834. The molecule has 1 aromatic rings. The minimum Gasteiger partial charge on any atom is -0.478 e. The number of hydrogen-bond donors (Lipinski definition) is 2. The van der Waals surface area contributed by atoms with Gasteiger partial charge in [0, 0.05) is 23.2 Å².